The molecule has 1 saturated carbocycles. The van der Waals surface area contributed by atoms with Gasteiger partial charge in [-0.3, -0.25) is 4.79 Å². The molecule has 1 aliphatic carbocycles. The van der Waals surface area contributed by atoms with Crippen molar-refractivity contribution >= 4 is 23.5 Å². The van der Waals surface area contributed by atoms with E-state index < -0.39 is 5.97 Å². The van der Waals surface area contributed by atoms with Gasteiger partial charge in [0.1, 0.15) is 17.4 Å². The maximum Gasteiger partial charge on any atom is 0.341 e. The molecule has 2 fully saturated rings. The summed E-state index contributed by atoms with van der Waals surface area (Å²) >= 11 is 6.12. The van der Waals surface area contributed by atoms with Crippen LogP contribution in [0.25, 0.3) is 0 Å². The Labute approximate surface area is 170 Å². The number of benzene rings is 1. The van der Waals surface area contributed by atoms with E-state index in [4.69, 9.17) is 25.8 Å². The van der Waals surface area contributed by atoms with Crippen LogP contribution in [0.5, 0.6) is 5.75 Å². The molecule has 0 amide bonds. The fourth-order valence-electron chi connectivity index (χ4n) is 4.20. The Morgan fingerprint density at radius 1 is 1.11 bits per heavy atom. The van der Waals surface area contributed by atoms with Gasteiger partial charge in [0.25, 0.3) is 0 Å². The predicted octanol–water partition coefficient (Wildman–Crippen LogP) is 3.61. The number of fused-ring (bicyclic) bond motifs is 1. The smallest absolute Gasteiger partial charge is 0.341 e. The largest absolute Gasteiger partial charge is 0.489 e. The van der Waals surface area contributed by atoms with E-state index in [0.717, 1.165) is 32.2 Å². The number of rotatable bonds is 6. The number of esters is 2. The van der Waals surface area contributed by atoms with Crippen molar-refractivity contribution in [2.24, 2.45) is 11.8 Å². The lowest BCUT2D eigenvalue weighted by Gasteiger charge is -2.41. The van der Waals surface area contributed by atoms with E-state index in [1.54, 1.807) is 25.1 Å². The second-order valence-corrected chi connectivity index (χ2v) is 7.82. The van der Waals surface area contributed by atoms with Gasteiger partial charge in [-0.25, -0.2) is 4.79 Å². The normalized spacial score (nSPS) is 26.8. The quantitative estimate of drug-likeness (QED) is 0.723. The van der Waals surface area contributed by atoms with Gasteiger partial charge >= 0.3 is 11.9 Å². The summed E-state index contributed by atoms with van der Waals surface area (Å²) in [6.07, 6.45) is 3.50. The van der Waals surface area contributed by atoms with Crippen molar-refractivity contribution < 1.29 is 23.8 Å². The van der Waals surface area contributed by atoms with Gasteiger partial charge in [-0.1, -0.05) is 11.6 Å². The van der Waals surface area contributed by atoms with E-state index in [1.807, 2.05) is 6.92 Å². The van der Waals surface area contributed by atoms with E-state index >= 15 is 0 Å². The average molecular weight is 410 g/mol. The van der Waals surface area contributed by atoms with Crippen LogP contribution in [0.4, 0.5) is 0 Å². The Hall–Kier alpha value is -1.79. The molecule has 154 valence electrons. The molecule has 1 aromatic carbocycles. The molecule has 0 unspecified atom stereocenters. The van der Waals surface area contributed by atoms with Crippen molar-refractivity contribution in [3.8, 4) is 5.75 Å². The molecule has 7 heteroatoms. The third kappa shape index (κ3) is 4.97. The summed E-state index contributed by atoms with van der Waals surface area (Å²) < 4.78 is 16.5. The molecule has 0 bridgehead atoms. The molecule has 2 aliphatic rings. The average Bonchev–Trinajstić information content (AvgIpc) is 2.68. The van der Waals surface area contributed by atoms with Crippen LogP contribution < -0.4 is 10.1 Å². The second-order valence-electron chi connectivity index (χ2n) is 7.38. The van der Waals surface area contributed by atoms with Gasteiger partial charge in [-0.2, -0.15) is 0 Å². The van der Waals surface area contributed by atoms with Gasteiger partial charge < -0.3 is 19.5 Å². The Balaban J connectivity index is 1.67. The molecule has 4 atom stereocenters. The van der Waals surface area contributed by atoms with Gasteiger partial charge in [-0.05, 0) is 76.1 Å². The van der Waals surface area contributed by atoms with Crippen LogP contribution in [0, 0.1) is 11.8 Å². The van der Waals surface area contributed by atoms with Crippen LogP contribution in [-0.2, 0) is 14.3 Å². The first-order valence-electron chi connectivity index (χ1n) is 10.0. The minimum Gasteiger partial charge on any atom is -0.489 e. The summed E-state index contributed by atoms with van der Waals surface area (Å²) in [6.45, 7) is 5.11. The van der Waals surface area contributed by atoms with Gasteiger partial charge in [0.15, 0.2) is 0 Å². The minimum absolute atomic E-state index is 0.0196. The summed E-state index contributed by atoms with van der Waals surface area (Å²) in [6, 6.07) is 4.72. The maximum atomic E-state index is 12.2. The minimum atomic E-state index is -0.410. The molecule has 1 heterocycles. The van der Waals surface area contributed by atoms with Crippen LogP contribution in [-0.4, -0.2) is 43.8 Å². The van der Waals surface area contributed by atoms with E-state index in [-0.39, 0.29) is 18.1 Å². The Morgan fingerprint density at radius 3 is 2.64 bits per heavy atom. The van der Waals surface area contributed by atoms with Gasteiger partial charge in [-0.15, -0.1) is 0 Å². The molecule has 6 nitrogen and oxygen atoms in total. The van der Waals surface area contributed by atoms with Crippen LogP contribution in [0.1, 0.15) is 49.9 Å². The number of carbonyl (C=O) groups is 2. The van der Waals surface area contributed by atoms with Crippen molar-refractivity contribution in [2.45, 2.75) is 51.7 Å². The first kappa shape index (κ1) is 20.9. The third-order valence-electron chi connectivity index (χ3n) is 5.56. The van der Waals surface area contributed by atoms with Gasteiger partial charge in [0.05, 0.1) is 19.3 Å². The third-order valence-corrected chi connectivity index (χ3v) is 5.80. The van der Waals surface area contributed by atoms with Crippen molar-refractivity contribution in [1.29, 1.82) is 0 Å². The standard InChI is InChI=1S/C21H28ClNO5/c1-3-26-20(24)17-8-6-15(22)11-19(17)28-16-7-5-13-12-23-18(10-14(13)9-16)21(25)27-4-2/h6,8,11,13-14,16,18,23H,3-5,7,9-10,12H2,1-2H3/t13-,14-,16-,18-/m0/s1. The van der Waals surface area contributed by atoms with Crippen LogP contribution in [0.2, 0.25) is 5.02 Å². The fourth-order valence-corrected chi connectivity index (χ4v) is 4.36. The molecular weight excluding hydrogens is 382 g/mol. The molecule has 0 radical (unpaired) electrons. The van der Waals surface area contributed by atoms with Crippen molar-refractivity contribution in [3.63, 3.8) is 0 Å². The second kappa shape index (κ2) is 9.61. The molecule has 1 saturated heterocycles. The molecule has 0 aromatic heterocycles. The predicted molar refractivity (Wildman–Crippen MR) is 106 cm³/mol. The zero-order valence-electron chi connectivity index (χ0n) is 16.4. The van der Waals surface area contributed by atoms with E-state index in [1.165, 1.54) is 0 Å². The molecule has 28 heavy (non-hydrogen) atoms. The van der Waals surface area contributed by atoms with E-state index in [0.29, 0.717) is 41.4 Å². The number of hydrogen-bond donors (Lipinski definition) is 1. The van der Waals surface area contributed by atoms with Gasteiger partial charge in [0, 0.05) is 5.02 Å². The van der Waals surface area contributed by atoms with Crippen molar-refractivity contribution in [1.82, 2.24) is 5.32 Å². The summed E-state index contributed by atoms with van der Waals surface area (Å²) in [5.41, 5.74) is 0.392. The SMILES string of the molecule is CCOC(=O)c1ccc(Cl)cc1O[C@H]1CC[C@H]2CN[C@H](C(=O)OCC)C[C@@H]2C1. The maximum absolute atomic E-state index is 12.2. The Morgan fingerprint density at radius 2 is 1.89 bits per heavy atom. The van der Waals surface area contributed by atoms with Crippen LogP contribution >= 0.6 is 11.6 Å². The fraction of sp³-hybridized carbons (Fsp3) is 0.619. The lowest BCUT2D eigenvalue weighted by atomic mass is 9.72. The van der Waals surface area contributed by atoms with Crippen LogP contribution in [0.3, 0.4) is 0 Å². The van der Waals surface area contributed by atoms with Gasteiger partial charge in [0.2, 0.25) is 0 Å². The molecule has 0 spiro atoms. The van der Waals surface area contributed by atoms with Crippen molar-refractivity contribution in [3.05, 3.63) is 28.8 Å². The van der Waals surface area contributed by atoms with Crippen LogP contribution in [0.15, 0.2) is 18.2 Å². The zero-order chi connectivity index (χ0) is 20.1. The highest BCUT2D eigenvalue weighted by atomic mass is 35.5. The highest BCUT2D eigenvalue weighted by Crippen LogP contribution is 2.38. The zero-order valence-corrected chi connectivity index (χ0v) is 17.2. The Kier molecular flexibility index (Phi) is 7.18. The van der Waals surface area contributed by atoms with E-state index in [2.05, 4.69) is 5.32 Å². The number of piperidine rings is 1. The highest BCUT2D eigenvalue weighted by Gasteiger charge is 2.39. The van der Waals surface area contributed by atoms with E-state index in [9.17, 15) is 9.59 Å². The molecule has 1 aliphatic heterocycles. The summed E-state index contributed by atoms with van der Waals surface area (Å²) in [5.74, 6) is 0.801. The first-order chi connectivity index (χ1) is 13.5. The van der Waals surface area contributed by atoms with Crippen molar-refractivity contribution in [2.75, 3.05) is 19.8 Å². The lowest BCUT2D eigenvalue weighted by Crippen LogP contribution is -2.51. The monoisotopic (exact) mass is 409 g/mol. The lowest BCUT2D eigenvalue weighted by molar-refractivity contribution is -0.147. The molecule has 1 N–H and O–H groups in total. The summed E-state index contributed by atoms with van der Waals surface area (Å²) in [4.78, 5) is 24.3. The Bertz CT molecular complexity index is 710. The number of ether oxygens (including phenoxy) is 3. The first-order valence-corrected chi connectivity index (χ1v) is 10.4. The number of nitrogens with one attached hydrogen (secondary N) is 1. The molecular formula is C21H28ClNO5. The number of hydrogen-bond acceptors (Lipinski definition) is 6. The summed E-state index contributed by atoms with van der Waals surface area (Å²) in [5, 5.41) is 3.83. The summed E-state index contributed by atoms with van der Waals surface area (Å²) in [7, 11) is 0. The topological polar surface area (TPSA) is 73.9 Å². The number of halogens is 1. The molecule has 3 rings (SSSR count). The highest BCUT2D eigenvalue weighted by molar-refractivity contribution is 6.30. The number of carbonyl (C=O) groups excluding carboxylic acids is 2. The molecule has 1 aromatic rings.